The van der Waals surface area contributed by atoms with E-state index >= 15 is 0 Å². The first-order chi connectivity index (χ1) is 12.9. The molecule has 0 fully saturated rings. The molecule has 0 atom stereocenters. The van der Waals surface area contributed by atoms with Gasteiger partial charge in [-0.3, -0.25) is 0 Å². The molecule has 1 aromatic carbocycles. The maximum atomic E-state index is 6.14. The Labute approximate surface area is 198 Å². The first-order valence-electron chi connectivity index (χ1n) is 8.69. The van der Waals surface area contributed by atoms with Crippen molar-refractivity contribution in [3.05, 3.63) is 45.5 Å². The van der Waals surface area contributed by atoms with Crippen LogP contribution in [0.3, 0.4) is 0 Å². The van der Waals surface area contributed by atoms with E-state index < -0.39 is 0 Å². The standard InChI is InChI=1S/C18H26Cl2N6S.HI/c1-13-23-24-17(26(13)3)11-22-18(21-8-5-9-27-4)25(2)12-14-6-7-15(19)16(20)10-14;/h6-7,10H,5,8-9,11-12H2,1-4H3,(H,21,22);1H. The summed E-state index contributed by atoms with van der Waals surface area (Å²) in [4.78, 5) is 6.82. The van der Waals surface area contributed by atoms with Crippen LogP contribution >= 0.6 is 58.9 Å². The van der Waals surface area contributed by atoms with Crippen molar-refractivity contribution < 1.29 is 0 Å². The summed E-state index contributed by atoms with van der Waals surface area (Å²) in [5.41, 5.74) is 1.07. The third-order valence-electron chi connectivity index (χ3n) is 4.13. The van der Waals surface area contributed by atoms with Gasteiger partial charge in [0.1, 0.15) is 12.4 Å². The molecule has 0 aliphatic carbocycles. The van der Waals surface area contributed by atoms with Gasteiger partial charge in [-0.15, -0.1) is 34.2 Å². The van der Waals surface area contributed by atoms with Gasteiger partial charge in [-0.25, -0.2) is 4.99 Å². The topological polar surface area (TPSA) is 58.3 Å². The predicted octanol–water partition coefficient (Wildman–Crippen LogP) is 4.38. The first kappa shape index (κ1) is 25.3. The number of nitrogens with one attached hydrogen (secondary N) is 1. The van der Waals surface area contributed by atoms with Crippen LogP contribution in [0.5, 0.6) is 0 Å². The summed E-state index contributed by atoms with van der Waals surface area (Å²) >= 11 is 14.0. The maximum absolute atomic E-state index is 6.14. The first-order valence-corrected chi connectivity index (χ1v) is 10.8. The van der Waals surface area contributed by atoms with Crippen molar-refractivity contribution in [2.45, 2.75) is 26.4 Å². The highest BCUT2D eigenvalue weighted by Gasteiger charge is 2.10. The molecular formula is C18H27Cl2IN6S. The van der Waals surface area contributed by atoms with Gasteiger partial charge in [-0.05, 0) is 43.0 Å². The summed E-state index contributed by atoms with van der Waals surface area (Å²) in [6.45, 7) is 3.93. The van der Waals surface area contributed by atoms with E-state index in [0.29, 0.717) is 23.1 Å². The maximum Gasteiger partial charge on any atom is 0.194 e. The van der Waals surface area contributed by atoms with E-state index in [2.05, 4.69) is 26.7 Å². The number of guanidine groups is 1. The molecule has 2 aromatic rings. The number of rotatable bonds is 8. The minimum Gasteiger partial charge on any atom is -0.356 e. The van der Waals surface area contributed by atoms with Crippen LogP contribution in [0.25, 0.3) is 0 Å². The minimum atomic E-state index is 0. The molecule has 0 radical (unpaired) electrons. The molecule has 1 aromatic heterocycles. The number of aliphatic imine (C=N–C) groups is 1. The van der Waals surface area contributed by atoms with Gasteiger partial charge in [-0.1, -0.05) is 29.3 Å². The number of aromatic nitrogens is 3. The predicted molar refractivity (Wildman–Crippen MR) is 131 cm³/mol. The molecule has 6 nitrogen and oxygen atoms in total. The highest BCUT2D eigenvalue weighted by Crippen LogP contribution is 2.23. The lowest BCUT2D eigenvalue weighted by atomic mass is 10.2. The van der Waals surface area contributed by atoms with Crippen LogP contribution in [-0.4, -0.2) is 51.2 Å². The van der Waals surface area contributed by atoms with Crippen molar-refractivity contribution in [1.82, 2.24) is 25.0 Å². The van der Waals surface area contributed by atoms with E-state index in [1.54, 1.807) is 0 Å². The molecule has 0 spiro atoms. The molecule has 0 aliphatic heterocycles. The average molecular weight is 557 g/mol. The smallest absolute Gasteiger partial charge is 0.194 e. The molecule has 2 rings (SSSR count). The van der Waals surface area contributed by atoms with Crippen molar-refractivity contribution in [2.24, 2.45) is 12.0 Å². The van der Waals surface area contributed by atoms with Crippen LogP contribution in [0.1, 0.15) is 23.6 Å². The van der Waals surface area contributed by atoms with E-state index in [0.717, 1.165) is 41.9 Å². The fraction of sp³-hybridized carbons (Fsp3) is 0.500. The van der Waals surface area contributed by atoms with E-state index in [-0.39, 0.29) is 24.0 Å². The van der Waals surface area contributed by atoms with E-state index in [1.807, 2.05) is 55.5 Å². The normalized spacial score (nSPS) is 11.3. The van der Waals surface area contributed by atoms with Gasteiger partial charge in [0.05, 0.1) is 10.0 Å². The largest absolute Gasteiger partial charge is 0.356 e. The molecule has 1 N–H and O–H groups in total. The quantitative estimate of drug-likeness (QED) is 0.226. The van der Waals surface area contributed by atoms with Gasteiger partial charge in [-0.2, -0.15) is 11.8 Å². The fourth-order valence-electron chi connectivity index (χ4n) is 2.45. The summed E-state index contributed by atoms with van der Waals surface area (Å²) in [5.74, 6) is 3.64. The summed E-state index contributed by atoms with van der Waals surface area (Å²) in [7, 11) is 3.95. The zero-order chi connectivity index (χ0) is 19.8. The zero-order valence-electron chi connectivity index (χ0n) is 16.6. The third kappa shape index (κ3) is 7.61. The van der Waals surface area contributed by atoms with Crippen molar-refractivity contribution >= 4 is 64.9 Å². The summed E-state index contributed by atoms with van der Waals surface area (Å²) in [6, 6.07) is 5.68. The van der Waals surface area contributed by atoms with Gasteiger partial charge in [0, 0.05) is 27.2 Å². The number of benzene rings is 1. The SMILES string of the molecule is CSCCCNC(=NCc1nnc(C)n1C)N(C)Cc1ccc(Cl)c(Cl)c1.I. The second kappa shape index (κ2) is 12.8. The Hall–Kier alpha value is -0.710. The molecule has 0 unspecified atom stereocenters. The minimum absolute atomic E-state index is 0. The molecule has 0 bridgehead atoms. The van der Waals surface area contributed by atoms with Gasteiger partial charge < -0.3 is 14.8 Å². The number of hydrogen-bond donors (Lipinski definition) is 1. The molecule has 0 saturated carbocycles. The lowest BCUT2D eigenvalue weighted by molar-refractivity contribution is 0.474. The molecule has 0 saturated heterocycles. The van der Waals surface area contributed by atoms with Gasteiger partial charge in [0.25, 0.3) is 0 Å². The molecule has 156 valence electrons. The number of nitrogens with zero attached hydrogens (tertiary/aromatic N) is 5. The van der Waals surface area contributed by atoms with Crippen LogP contribution < -0.4 is 5.32 Å². The van der Waals surface area contributed by atoms with Gasteiger partial charge >= 0.3 is 0 Å². The van der Waals surface area contributed by atoms with E-state index in [9.17, 15) is 0 Å². The molecule has 10 heteroatoms. The average Bonchev–Trinajstić information content (AvgIpc) is 2.96. The molecule has 0 aliphatic rings. The van der Waals surface area contributed by atoms with Crippen molar-refractivity contribution in [1.29, 1.82) is 0 Å². The second-order valence-electron chi connectivity index (χ2n) is 6.24. The van der Waals surface area contributed by atoms with Crippen LogP contribution in [0.15, 0.2) is 23.2 Å². The molecule has 28 heavy (non-hydrogen) atoms. The third-order valence-corrected chi connectivity index (χ3v) is 5.56. The van der Waals surface area contributed by atoms with E-state index in [1.165, 1.54) is 0 Å². The van der Waals surface area contributed by atoms with Crippen LogP contribution in [0.2, 0.25) is 10.0 Å². The van der Waals surface area contributed by atoms with Crippen LogP contribution in [0.4, 0.5) is 0 Å². The Morgan fingerprint density at radius 3 is 2.64 bits per heavy atom. The van der Waals surface area contributed by atoms with Crippen molar-refractivity contribution in [3.63, 3.8) is 0 Å². The Morgan fingerprint density at radius 2 is 2.04 bits per heavy atom. The number of aryl methyl sites for hydroxylation is 1. The summed E-state index contributed by atoms with van der Waals surface area (Å²) in [6.07, 6.45) is 3.19. The Kier molecular flexibility index (Phi) is 11.5. The van der Waals surface area contributed by atoms with Gasteiger partial charge in [0.2, 0.25) is 0 Å². The monoisotopic (exact) mass is 556 g/mol. The number of hydrogen-bond acceptors (Lipinski definition) is 4. The highest BCUT2D eigenvalue weighted by molar-refractivity contribution is 14.0. The number of halogens is 3. The Balaban J connectivity index is 0.00000392. The van der Waals surface area contributed by atoms with E-state index in [4.69, 9.17) is 28.2 Å². The Bertz CT molecular complexity index is 783. The van der Waals surface area contributed by atoms with Crippen molar-refractivity contribution in [3.8, 4) is 0 Å². The molecule has 0 amide bonds. The van der Waals surface area contributed by atoms with Gasteiger partial charge in [0.15, 0.2) is 11.8 Å². The second-order valence-corrected chi connectivity index (χ2v) is 8.04. The fourth-order valence-corrected chi connectivity index (χ4v) is 3.20. The lowest BCUT2D eigenvalue weighted by Crippen LogP contribution is -2.39. The Morgan fingerprint density at radius 1 is 1.29 bits per heavy atom. The molecule has 1 heterocycles. The summed E-state index contributed by atoms with van der Waals surface area (Å²) < 4.78 is 1.95. The van der Waals surface area contributed by atoms with Crippen molar-refractivity contribution in [2.75, 3.05) is 25.6 Å². The lowest BCUT2D eigenvalue weighted by Gasteiger charge is -2.23. The van der Waals surface area contributed by atoms with Crippen LogP contribution in [-0.2, 0) is 20.1 Å². The number of thioether (sulfide) groups is 1. The molecular weight excluding hydrogens is 530 g/mol. The zero-order valence-corrected chi connectivity index (χ0v) is 21.2. The highest BCUT2D eigenvalue weighted by atomic mass is 127. The summed E-state index contributed by atoms with van der Waals surface area (Å²) in [5, 5.41) is 12.8. The van der Waals surface area contributed by atoms with Crippen LogP contribution in [0, 0.1) is 6.92 Å².